The summed E-state index contributed by atoms with van der Waals surface area (Å²) in [6, 6.07) is 40.2. The number of hydrogen-bond donors (Lipinski definition) is 0. The van der Waals surface area contributed by atoms with Crippen molar-refractivity contribution in [2.24, 2.45) is 0 Å². The molecular formula is C30H22IrN4-2. The van der Waals surface area contributed by atoms with Crippen molar-refractivity contribution in [1.82, 2.24) is 19.5 Å². The molecule has 0 unspecified atom stereocenters. The predicted molar refractivity (Wildman–Crippen MR) is 136 cm³/mol. The van der Waals surface area contributed by atoms with Crippen molar-refractivity contribution < 1.29 is 20.1 Å². The molecule has 0 amide bonds. The molecule has 6 rings (SSSR count). The zero-order valence-electron chi connectivity index (χ0n) is 19.1. The number of aryl methyl sites for hydroxylation is 1. The first-order valence-corrected chi connectivity index (χ1v) is 11.1. The van der Waals surface area contributed by atoms with Crippen LogP contribution >= 0.6 is 0 Å². The Morgan fingerprint density at radius 1 is 0.714 bits per heavy atom. The fourth-order valence-corrected chi connectivity index (χ4v) is 3.68. The molecule has 0 aliphatic rings. The second-order valence-electron chi connectivity index (χ2n) is 7.73. The number of para-hydroxylation sites is 1. The molecule has 0 atom stereocenters. The van der Waals surface area contributed by atoms with Crippen LogP contribution in [-0.4, -0.2) is 19.5 Å². The largest absolute Gasteiger partial charge is 0.318 e. The standard InChI is InChI=1S/C19H14N3.C11H8N.Ir/c1-14-12-17-19(20-13-14)22(16-10-6-3-7-11-16)18(21-17)15-8-4-2-5-9-15;1-2-6-10(7-3-1)11-8-4-5-9-12-11;/h2-8,10-13H,1H3;1-6,8-9H;/q2*-1;. The molecule has 6 aromatic rings. The van der Waals surface area contributed by atoms with Crippen LogP contribution in [0.3, 0.4) is 0 Å². The zero-order chi connectivity index (χ0) is 23.2. The Morgan fingerprint density at radius 3 is 2.06 bits per heavy atom. The van der Waals surface area contributed by atoms with Gasteiger partial charge in [0.15, 0.2) is 5.65 Å². The van der Waals surface area contributed by atoms with Crippen molar-refractivity contribution >= 4 is 11.2 Å². The van der Waals surface area contributed by atoms with Crippen LogP contribution in [0, 0.1) is 19.1 Å². The SMILES string of the molecule is Cc1cnc2c(c1)nc(-c1[c-]cccc1)n2-c1ccccc1.[Ir].[c-]1ccccc1-c1ccccn1. The van der Waals surface area contributed by atoms with Gasteiger partial charge in [-0.25, -0.2) is 4.98 Å². The number of imidazole rings is 1. The molecule has 3 aromatic carbocycles. The summed E-state index contributed by atoms with van der Waals surface area (Å²) in [4.78, 5) is 13.6. The third kappa shape index (κ3) is 5.60. The van der Waals surface area contributed by atoms with E-state index in [1.807, 2.05) is 98.0 Å². The van der Waals surface area contributed by atoms with Crippen LogP contribution in [0.4, 0.5) is 0 Å². The fourth-order valence-electron chi connectivity index (χ4n) is 3.68. The number of benzene rings is 3. The Morgan fingerprint density at radius 2 is 1.40 bits per heavy atom. The monoisotopic (exact) mass is 631 g/mol. The first kappa shape index (κ1) is 24.2. The van der Waals surface area contributed by atoms with Crippen molar-refractivity contribution in [3.63, 3.8) is 0 Å². The van der Waals surface area contributed by atoms with Crippen LogP contribution in [0.2, 0.25) is 0 Å². The topological polar surface area (TPSA) is 43.6 Å². The summed E-state index contributed by atoms with van der Waals surface area (Å²) < 4.78 is 2.08. The molecule has 5 heteroatoms. The number of nitrogens with zero attached hydrogens (tertiary/aromatic N) is 4. The summed E-state index contributed by atoms with van der Waals surface area (Å²) in [6.07, 6.45) is 3.66. The van der Waals surface area contributed by atoms with Gasteiger partial charge in [-0.1, -0.05) is 30.3 Å². The Balaban J connectivity index is 0.000000189. The van der Waals surface area contributed by atoms with Gasteiger partial charge >= 0.3 is 0 Å². The molecule has 3 aromatic heterocycles. The van der Waals surface area contributed by atoms with E-state index in [4.69, 9.17) is 4.98 Å². The van der Waals surface area contributed by atoms with Crippen LogP contribution in [-0.2, 0) is 20.1 Å². The molecule has 3 heterocycles. The van der Waals surface area contributed by atoms with E-state index in [1.165, 1.54) is 0 Å². The van der Waals surface area contributed by atoms with Crippen molar-refractivity contribution in [3.05, 3.63) is 133 Å². The third-order valence-electron chi connectivity index (χ3n) is 5.25. The molecule has 1 radical (unpaired) electrons. The van der Waals surface area contributed by atoms with Crippen molar-refractivity contribution in [2.75, 3.05) is 0 Å². The summed E-state index contributed by atoms with van der Waals surface area (Å²) in [5.41, 5.74) is 6.89. The number of aromatic nitrogens is 4. The summed E-state index contributed by atoms with van der Waals surface area (Å²) >= 11 is 0. The summed E-state index contributed by atoms with van der Waals surface area (Å²) in [5.74, 6) is 0.861. The zero-order valence-corrected chi connectivity index (χ0v) is 21.5. The summed E-state index contributed by atoms with van der Waals surface area (Å²) in [6.45, 7) is 2.03. The summed E-state index contributed by atoms with van der Waals surface area (Å²) in [7, 11) is 0. The van der Waals surface area contributed by atoms with Gasteiger partial charge in [-0.2, -0.15) is 0 Å². The minimum atomic E-state index is 0. The minimum absolute atomic E-state index is 0. The molecule has 0 saturated heterocycles. The average molecular weight is 631 g/mol. The molecule has 0 fully saturated rings. The van der Waals surface area contributed by atoms with E-state index in [9.17, 15) is 0 Å². The van der Waals surface area contributed by atoms with Gasteiger partial charge in [-0.15, -0.1) is 71.8 Å². The van der Waals surface area contributed by atoms with Gasteiger partial charge in [0.05, 0.1) is 11.3 Å². The summed E-state index contributed by atoms with van der Waals surface area (Å²) in [5, 5.41) is 0. The van der Waals surface area contributed by atoms with E-state index in [2.05, 4.69) is 44.9 Å². The molecule has 0 N–H and O–H groups in total. The van der Waals surface area contributed by atoms with E-state index in [0.717, 1.165) is 45.1 Å². The van der Waals surface area contributed by atoms with E-state index in [-0.39, 0.29) is 20.1 Å². The minimum Gasteiger partial charge on any atom is -0.318 e. The smallest absolute Gasteiger partial charge is 0.155 e. The van der Waals surface area contributed by atoms with E-state index < -0.39 is 0 Å². The van der Waals surface area contributed by atoms with Crippen LogP contribution in [0.1, 0.15) is 5.56 Å². The van der Waals surface area contributed by atoms with E-state index in [0.29, 0.717) is 0 Å². The molecule has 0 spiro atoms. The van der Waals surface area contributed by atoms with Crippen molar-refractivity contribution in [1.29, 1.82) is 0 Å². The molecule has 0 aliphatic heterocycles. The fraction of sp³-hybridized carbons (Fsp3) is 0.0333. The Kier molecular flexibility index (Phi) is 7.94. The Labute approximate surface area is 218 Å². The molecule has 0 bridgehead atoms. The van der Waals surface area contributed by atoms with Gasteiger partial charge in [0.1, 0.15) is 0 Å². The first-order chi connectivity index (χ1) is 16.8. The van der Waals surface area contributed by atoms with Crippen molar-refractivity contribution in [2.45, 2.75) is 6.92 Å². The van der Waals surface area contributed by atoms with Crippen LogP contribution in [0.5, 0.6) is 0 Å². The maximum absolute atomic E-state index is 4.79. The van der Waals surface area contributed by atoms with Crippen molar-refractivity contribution in [3.8, 4) is 28.3 Å². The van der Waals surface area contributed by atoms with Gasteiger partial charge in [0, 0.05) is 38.2 Å². The molecule has 35 heavy (non-hydrogen) atoms. The quantitative estimate of drug-likeness (QED) is 0.204. The van der Waals surface area contributed by atoms with E-state index in [1.54, 1.807) is 6.20 Å². The molecule has 173 valence electrons. The number of hydrogen-bond acceptors (Lipinski definition) is 3. The number of rotatable bonds is 3. The molecule has 0 saturated carbocycles. The molecule has 0 aliphatic carbocycles. The van der Waals surface area contributed by atoms with Crippen LogP contribution in [0.15, 0.2) is 116 Å². The second kappa shape index (κ2) is 11.5. The first-order valence-electron chi connectivity index (χ1n) is 11.1. The maximum atomic E-state index is 4.79. The Bertz CT molecular complexity index is 1450. The molecule has 4 nitrogen and oxygen atoms in total. The van der Waals surface area contributed by atoms with Gasteiger partial charge < -0.3 is 9.55 Å². The maximum Gasteiger partial charge on any atom is 0.155 e. The average Bonchev–Trinajstić information content (AvgIpc) is 3.30. The van der Waals surface area contributed by atoms with Crippen LogP contribution < -0.4 is 0 Å². The Hall–Kier alpha value is -3.92. The van der Waals surface area contributed by atoms with Gasteiger partial charge in [0.25, 0.3) is 0 Å². The number of pyridine rings is 2. The normalized spacial score (nSPS) is 10.2. The van der Waals surface area contributed by atoms with Gasteiger partial charge in [-0.3, -0.25) is 4.98 Å². The van der Waals surface area contributed by atoms with Gasteiger partial charge in [0.2, 0.25) is 0 Å². The number of fused-ring (bicyclic) bond motifs is 1. The van der Waals surface area contributed by atoms with E-state index >= 15 is 0 Å². The van der Waals surface area contributed by atoms with Crippen LogP contribution in [0.25, 0.3) is 39.5 Å². The molecular weight excluding hydrogens is 609 g/mol. The van der Waals surface area contributed by atoms with Gasteiger partial charge in [-0.05, 0) is 42.4 Å². The second-order valence-corrected chi connectivity index (χ2v) is 7.73. The third-order valence-corrected chi connectivity index (χ3v) is 5.25. The predicted octanol–water partition coefficient (Wildman–Crippen LogP) is 6.74.